The van der Waals surface area contributed by atoms with Crippen LogP contribution in [0.5, 0.6) is 0 Å². The van der Waals surface area contributed by atoms with E-state index in [-0.39, 0.29) is 12.6 Å². The Bertz CT molecular complexity index is 237. The minimum atomic E-state index is -2.94. The first kappa shape index (κ1) is 16.3. The fourth-order valence-electron chi connectivity index (χ4n) is 1.28. The molecule has 0 saturated carbocycles. The van der Waals surface area contributed by atoms with Gasteiger partial charge in [-0.2, -0.15) is 0 Å². The molecule has 0 amide bonds. The molecular weight excluding hydrogens is 240 g/mol. The van der Waals surface area contributed by atoms with Crippen LogP contribution in [0.2, 0.25) is 0 Å². The molecule has 0 aromatic carbocycles. The summed E-state index contributed by atoms with van der Waals surface area (Å²) in [7, 11) is -2.94. The van der Waals surface area contributed by atoms with Crippen molar-refractivity contribution in [2.45, 2.75) is 27.7 Å². The summed E-state index contributed by atoms with van der Waals surface area (Å²) < 4.78 is 21.7. The van der Waals surface area contributed by atoms with E-state index in [1.165, 1.54) is 6.92 Å². The van der Waals surface area contributed by atoms with Crippen molar-refractivity contribution in [2.24, 2.45) is 0 Å². The molecule has 0 aromatic heterocycles. The highest BCUT2D eigenvalue weighted by molar-refractivity contribution is 6.68. The maximum Gasteiger partial charge on any atom is 0.535 e. The van der Waals surface area contributed by atoms with Crippen LogP contribution in [0, 0.1) is 0 Å². The number of carbonyl (C=O) groups excluding carboxylic acids is 1. The summed E-state index contributed by atoms with van der Waals surface area (Å²) in [6.07, 6.45) is 0. The third-order valence-corrected chi connectivity index (χ3v) is 4.90. The maximum absolute atomic E-state index is 10.8. The predicted octanol–water partition coefficient (Wildman–Crippen LogP) is 1.69. The van der Waals surface area contributed by atoms with Crippen LogP contribution < -0.4 is 0 Å². The first-order chi connectivity index (χ1) is 8.02. The number of carbonyl (C=O) groups is 1. The molecule has 0 unspecified atom stereocenters. The van der Waals surface area contributed by atoms with E-state index in [1.807, 2.05) is 20.8 Å². The van der Waals surface area contributed by atoms with Crippen molar-refractivity contribution in [3.8, 4) is 0 Å². The molecule has 0 N–H and O–H groups in total. The van der Waals surface area contributed by atoms with Crippen LogP contribution >= 0.6 is 0 Å². The van der Waals surface area contributed by atoms with Crippen LogP contribution in [0.15, 0.2) is 11.8 Å². The minimum Gasteiger partial charge on any atom is -0.461 e. The standard InChI is InChI=1S/C11H22O5Si/c1-6-14-17(15-7-2,16-8-3)10(4)9-13-11(5)12/h4,6-9H2,1-3,5H3. The smallest absolute Gasteiger partial charge is 0.461 e. The summed E-state index contributed by atoms with van der Waals surface area (Å²) in [6, 6.07) is 0. The van der Waals surface area contributed by atoms with Crippen molar-refractivity contribution < 1.29 is 22.8 Å². The highest BCUT2D eigenvalue weighted by atomic mass is 28.4. The molecule has 0 heterocycles. The molecule has 0 atom stereocenters. The number of hydrogen-bond donors (Lipinski definition) is 0. The van der Waals surface area contributed by atoms with Crippen LogP contribution in [0.1, 0.15) is 27.7 Å². The average Bonchev–Trinajstić information content (AvgIpc) is 2.26. The van der Waals surface area contributed by atoms with Crippen molar-refractivity contribution in [3.63, 3.8) is 0 Å². The van der Waals surface area contributed by atoms with Gasteiger partial charge < -0.3 is 18.0 Å². The topological polar surface area (TPSA) is 54.0 Å². The van der Waals surface area contributed by atoms with Gasteiger partial charge in [-0.25, -0.2) is 0 Å². The highest BCUT2D eigenvalue weighted by Crippen LogP contribution is 2.19. The van der Waals surface area contributed by atoms with Gasteiger partial charge in [0.05, 0.1) is 0 Å². The van der Waals surface area contributed by atoms with Crippen LogP contribution in [-0.4, -0.2) is 41.2 Å². The van der Waals surface area contributed by atoms with Gasteiger partial charge in [-0.1, -0.05) is 6.58 Å². The van der Waals surface area contributed by atoms with Crippen molar-refractivity contribution in [1.82, 2.24) is 0 Å². The molecule has 5 nitrogen and oxygen atoms in total. The SMILES string of the molecule is C=C(COC(C)=O)[Si](OCC)(OCC)OCC. The largest absolute Gasteiger partial charge is 0.535 e. The summed E-state index contributed by atoms with van der Waals surface area (Å²) in [5.41, 5.74) is 0. The third-order valence-electron chi connectivity index (χ3n) is 1.89. The van der Waals surface area contributed by atoms with Gasteiger partial charge in [0, 0.05) is 31.9 Å². The lowest BCUT2D eigenvalue weighted by Crippen LogP contribution is -2.49. The maximum atomic E-state index is 10.8. The monoisotopic (exact) mass is 262 g/mol. The lowest BCUT2D eigenvalue weighted by molar-refractivity contribution is -0.139. The molecule has 0 aliphatic carbocycles. The molecule has 0 radical (unpaired) electrons. The van der Waals surface area contributed by atoms with Gasteiger partial charge in [-0.15, -0.1) is 0 Å². The Balaban J connectivity index is 4.71. The van der Waals surface area contributed by atoms with Crippen molar-refractivity contribution in [2.75, 3.05) is 26.4 Å². The normalized spacial score (nSPS) is 11.3. The summed E-state index contributed by atoms with van der Waals surface area (Å²) in [5.74, 6) is -0.362. The zero-order valence-corrected chi connectivity index (χ0v) is 12.1. The van der Waals surface area contributed by atoms with Crippen LogP contribution in [0.25, 0.3) is 0 Å². The average molecular weight is 262 g/mol. The van der Waals surface area contributed by atoms with E-state index in [1.54, 1.807) is 0 Å². The summed E-state index contributed by atoms with van der Waals surface area (Å²) in [4.78, 5) is 10.8. The molecule has 0 spiro atoms. The van der Waals surface area contributed by atoms with Gasteiger partial charge in [0.15, 0.2) is 0 Å². The molecule has 0 saturated heterocycles. The molecule has 100 valence electrons. The number of hydrogen-bond acceptors (Lipinski definition) is 5. The minimum absolute atomic E-state index is 0.0710. The van der Waals surface area contributed by atoms with E-state index in [0.29, 0.717) is 25.0 Å². The van der Waals surface area contributed by atoms with Gasteiger partial charge in [-0.3, -0.25) is 4.79 Å². The molecule has 0 aliphatic heterocycles. The second-order valence-corrected chi connectivity index (χ2v) is 5.92. The van der Waals surface area contributed by atoms with Crippen LogP contribution in [0.4, 0.5) is 0 Å². The fourth-order valence-corrected chi connectivity index (χ4v) is 3.53. The van der Waals surface area contributed by atoms with Crippen LogP contribution in [0.3, 0.4) is 0 Å². The Morgan fingerprint density at radius 2 is 1.47 bits per heavy atom. The number of ether oxygens (including phenoxy) is 1. The van der Waals surface area contributed by atoms with E-state index in [4.69, 9.17) is 18.0 Å². The van der Waals surface area contributed by atoms with Gasteiger partial charge in [0.25, 0.3) is 0 Å². The van der Waals surface area contributed by atoms with Crippen molar-refractivity contribution in [1.29, 1.82) is 0 Å². The summed E-state index contributed by atoms with van der Waals surface area (Å²) in [5, 5.41) is 0.568. The number of rotatable bonds is 9. The van der Waals surface area contributed by atoms with E-state index >= 15 is 0 Å². The Kier molecular flexibility index (Phi) is 8.06. The molecule has 0 fully saturated rings. The third kappa shape index (κ3) is 5.45. The predicted molar refractivity (Wildman–Crippen MR) is 66.4 cm³/mol. The van der Waals surface area contributed by atoms with E-state index < -0.39 is 8.80 Å². The van der Waals surface area contributed by atoms with Gasteiger partial charge >= 0.3 is 14.8 Å². The zero-order chi connectivity index (χ0) is 13.3. The summed E-state index contributed by atoms with van der Waals surface area (Å²) >= 11 is 0. The van der Waals surface area contributed by atoms with Gasteiger partial charge in [-0.05, 0) is 20.8 Å². The first-order valence-electron chi connectivity index (χ1n) is 5.75. The Morgan fingerprint density at radius 1 is 1.06 bits per heavy atom. The van der Waals surface area contributed by atoms with E-state index in [9.17, 15) is 4.79 Å². The fraction of sp³-hybridized carbons (Fsp3) is 0.727. The van der Waals surface area contributed by atoms with Gasteiger partial charge in [0.2, 0.25) is 0 Å². The number of esters is 1. The van der Waals surface area contributed by atoms with Crippen LogP contribution in [-0.2, 0) is 22.8 Å². The lowest BCUT2D eigenvalue weighted by Gasteiger charge is -2.29. The molecule has 0 aliphatic rings. The Morgan fingerprint density at radius 3 is 1.76 bits per heavy atom. The quantitative estimate of drug-likeness (QED) is 0.467. The lowest BCUT2D eigenvalue weighted by atomic mass is 10.7. The van der Waals surface area contributed by atoms with E-state index in [0.717, 1.165) is 0 Å². The molecule has 0 aromatic rings. The van der Waals surface area contributed by atoms with Gasteiger partial charge in [0.1, 0.15) is 6.61 Å². The second kappa shape index (κ2) is 8.41. The Hall–Kier alpha value is -0.693. The first-order valence-corrected chi connectivity index (χ1v) is 7.48. The molecule has 0 rings (SSSR count). The second-order valence-electron chi connectivity index (χ2n) is 3.24. The van der Waals surface area contributed by atoms with Crippen molar-refractivity contribution >= 4 is 14.8 Å². The Labute approximate surface area is 104 Å². The van der Waals surface area contributed by atoms with E-state index in [2.05, 4.69) is 6.58 Å². The van der Waals surface area contributed by atoms with Crippen molar-refractivity contribution in [3.05, 3.63) is 11.8 Å². The zero-order valence-electron chi connectivity index (χ0n) is 11.1. The molecule has 6 heteroatoms. The molecular formula is C11H22O5Si. The molecule has 17 heavy (non-hydrogen) atoms. The highest BCUT2D eigenvalue weighted by Gasteiger charge is 2.44. The molecule has 0 bridgehead atoms. The summed E-state index contributed by atoms with van der Waals surface area (Å²) in [6.45, 7) is 12.3.